The number of benzene rings is 1. The molecule has 0 unspecified atom stereocenters. The van der Waals surface area contributed by atoms with Gasteiger partial charge in [-0.25, -0.2) is 4.98 Å². The normalized spacial score (nSPS) is 10.1. The molecule has 0 saturated carbocycles. The van der Waals surface area contributed by atoms with Crippen molar-refractivity contribution in [2.24, 2.45) is 0 Å². The SMILES string of the molecule is Nc1ccccc1CC(=O)Nc1ccc(Cl)nc1. The van der Waals surface area contributed by atoms with Gasteiger partial charge in [0.1, 0.15) is 5.15 Å². The first kappa shape index (κ1) is 12.4. The zero-order chi connectivity index (χ0) is 13.0. The number of amides is 1. The monoisotopic (exact) mass is 261 g/mol. The summed E-state index contributed by atoms with van der Waals surface area (Å²) < 4.78 is 0. The second kappa shape index (κ2) is 5.51. The lowest BCUT2D eigenvalue weighted by atomic mass is 10.1. The molecule has 1 amide bonds. The third kappa shape index (κ3) is 3.21. The number of para-hydroxylation sites is 1. The Balaban J connectivity index is 2.01. The van der Waals surface area contributed by atoms with Gasteiger partial charge in [0.2, 0.25) is 5.91 Å². The number of rotatable bonds is 3. The molecule has 0 radical (unpaired) electrons. The van der Waals surface area contributed by atoms with Gasteiger partial charge in [0.25, 0.3) is 0 Å². The molecule has 0 spiro atoms. The molecule has 0 fully saturated rings. The Morgan fingerprint density at radius 2 is 2.06 bits per heavy atom. The lowest BCUT2D eigenvalue weighted by Gasteiger charge is -2.06. The van der Waals surface area contributed by atoms with Crippen LogP contribution in [0.25, 0.3) is 0 Å². The molecule has 1 aromatic heterocycles. The van der Waals surface area contributed by atoms with Crippen molar-refractivity contribution >= 4 is 28.9 Å². The number of hydrogen-bond donors (Lipinski definition) is 2. The molecule has 3 N–H and O–H groups in total. The van der Waals surface area contributed by atoms with Gasteiger partial charge in [0.15, 0.2) is 0 Å². The van der Waals surface area contributed by atoms with Gasteiger partial charge in [0.05, 0.1) is 18.3 Å². The molecule has 0 aliphatic heterocycles. The van der Waals surface area contributed by atoms with E-state index in [1.165, 1.54) is 6.20 Å². The first-order valence-electron chi connectivity index (χ1n) is 5.40. The molecule has 4 nitrogen and oxygen atoms in total. The number of nitrogens with zero attached hydrogens (tertiary/aromatic N) is 1. The summed E-state index contributed by atoms with van der Waals surface area (Å²) in [4.78, 5) is 15.7. The fourth-order valence-corrected chi connectivity index (χ4v) is 1.63. The topological polar surface area (TPSA) is 68.0 Å². The van der Waals surface area contributed by atoms with Crippen molar-refractivity contribution in [3.05, 3.63) is 53.3 Å². The first-order chi connectivity index (χ1) is 8.65. The van der Waals surface area contributed by atoms with Crippen LogP contribution in [0.3, 0.4) is 0 Å². The zero-order valence-corrected chi connectivity index (χ0v) is 10.3. The van der Waals surface area contributed by atoms with Crippen LogP contribution in [0.4, 0.5) is 11.4 Å². The molecule has 1 aromatic carbocycles. The number of carbonyl (C=O) groups excluding carboxylic acids is 1. The number of carbonyl (C=O) groups is 1. The minimum Gasteiger partial charge on any atom is -0.398 e. The minimum atomic E-state index is -0.142. The number of nitrogen functional groups attached to an aromatic ring is 1. The Morgan fingerprint density at radius 3 is 2.72 bits per heavy atom. The summed E-state index contributed by atoms with van der Waals surface area (Å²) in [5.74, 6) is -0.142. The Hall–Kier alpha value is -2.07. The van der Waals surface area contributed by atoms with Gasteiger partial charge in [-0.05, 0) is 23.8 Å². The number of halogens is 1. The highest BCUT2D eigenvalue weighted by Gasteiger charge is 2.06. The van der Waals surface area contributed by atoms with Gasteiger partial charge in [-0.1, -0.05) is 29.8 Å². The highest BCUT2D eigenvalue weighted by Crippen LogP contribution is 2.13. The molecular formula is C13H12ClN3O. The Labute approximate surface area is 110 Å². The van der Waals surface area contributed by atoms with Crippen LogP contribution in [0.1, 0.15) is 5.56 Å². The molecule has 2 aromatic rings. The highest BCUT2D eigenvalue weighted by atomic mass is 35.5. The predicted octanol–water partition coefficient (Wildman–Crippen LogP) is 2.50. The van der Waals surface area contributed by atoms with Gasteiger partial charge in [-0.2, -0.15) is 0 Å². The predicted molar refractivity (Wildman–Crippen MR) is 72.4 cm³/mol. The maximum absolute atomic E-state index is 11.8. The van der Waals surface area contributed by atoms with Crippen molar-refractivity contribution in [3.8, 4) is 0 Å². The number of aromatic nitrogens is 1. The van der Waals surface area contributed by atoms with Crippen molar-refractivity contribution < 1.29 is 4.79 Å². The van der Waals surface area contributed by atoms with E-state index in [0.29, 0.717) is 16.5 Å². The van der Waals surface area contributed by atoms with E-state index in [1.807, 2.05) is 18.2 Å². The van der Waals surface area contributed by atoms with E-state index >= 15 is 0 Å². The molecule has 92 valence electrons. The lowest BCUT2D eigenvalue weighted by molar-refractivity contribution is -0.115. The number of pyridine rings is 1. The van der Waals surface area contributed by atoms with E-state index in [-0.39, 0.29) is 12.3 Å². The van der Waals surface area contributed by atoms with Crippen molar-refractivity contribution in [1.29, 1.82) is 0 Å². The fraction of sp³-hybridized carbons (Fsp3) is 0.0769. The Kier molecular flexibility index (Phi) is 3.79. The molecule has 0 bridgehead atoms. The van der Waals surface area contributed by atoms with Crippen molar-refractivity contribution in [1.82, 2.24) is 4.98 Å². The number of nitrogens with one attached hydrogen (secondary N) is 1. The van der Waals surface area contributed by atoms with Crippen molar-refractivity contribution in [2.75, 3.05) is 11.1 Å². The van der Waals surface area contributed by atoms with Gasteiger partial charge < -0.3 is 11.1 Å². The van der Waals surface area contributed by atoms with Crippen LogP contribution in [0.15, 0.2) is 42.6 Å². The maximum atomic E-state index is 11.8. The Bertz CT molecular complexity index is 554. The molecule has 0 atom stereocenters. The summed E-state index contributed by atoms with van der Waals surface area (Å²) in [5, 5.41) is 3.12. The molecule has 1 heterocycles. The Morgan fingerprint density at radius 1 is 1.28 bits per heavy atom. The van der Waals surface area contributed by atoms with E-state index in [0.717, 1.165) is 5.56 Å². The second-order valence-corrected chi connectivity index (χ2v) is 4.18. The maximum Gasteiger partial charge on any atom is 0.228 e. The lowest BCUT2D eigenvalue weighted by Crippen LogP contribution is -2.15. The summed E-state index contributed by atoms with van der Waals surface area (Å²) in [6, 6.07) is 10.6. The molecule has 0 saturated heterocycles. The quantitative estimate of drug-likeness (QED) is 0.659. The van der Waals surface area contributed by atoms with E-state index in [1.54, 1.807) is 18.2 Å². The van der Waals surface area contributed by atoms with Gasteiger partial charge in [0, 0.05) is 5.69 Å². The summed E-state index contributed by atoms with van der Waals surface area (Å²) in [7, 11) is 0. The summed E-state index contributed by atoms with van der Waals surface area (Å²) >= 11 is 5.66. The van der Waals surface area contributed by atoms with E-state index in [2.05, 4.69) is 10.3 Å². The standard InChI is InChI=1S/C13H12ClN3O/c14-12-6-5-10(8-16-12)17-13(18)7-9-3-1-2-4-11(9)15/h1-6,8H,7,15H2,(H,17,18). The van der Waals surface area contributed by atoms with E-state index < -0.39 is 0 Å². The molecule has 18 heavy (non-hydrogen) atoms. The second-order valence-electron chi connectivity index (χ2n) is 3.79. The molecule has 0 aliphatic carbocycles. The van der Waals surface area contributed by atoms with Crippen LogP contribution in [0.2, 0.25) is 5.15 Å². The zero-order valence-electron chi connectivity index (χ0n) is 9.56. The van der Waals surface area contributed by atoms with E-state index in [9.17, 15) is 4.79 Å². The van der Waals surface area contributed by atoms with Gasteiger partial charge in [-0.15, -0.1) is 0 Å². The fourth-order valence-electron chi connectivity index (χ4n) is 1.52. The van der Waals surface area contributed by atoms with Crippen molar-refractivity contribution in [3.63, 3.8) is 0 Å². The summed E-state index contributed by atoms with van der Waals surface area (Å²) in [5.41, 5.74) is 7.80. The van der Waals surface area contributed by atoms with Gasteiger partial charge in [-0.3, -0.25) is 4.79 Å². The van der Waals surface area contributed by atoms with Crippen molar-refractivity contribution in [2.45, 2.75) is 6.42 Å². The third-order valence-corrected chi connectivity index (χ3v) is 2.64. The molecular weight excluding hydrogens is 250 g/mol. The summed E-state index contributed by atoms with van der Waals surface area (Å²) in [6.45, 7) is 0. The molecule has 5 heteroatoms. The van der Waals surface area contributed by atoms with Gasteiger partial charge >= 0.3 is 0 Å². The van der Waals surface area contributed by atoms with Crippen LogP contribution in [0.5, 0.6) is 0 Å². The van der Waals surface area contributed by atoms with Crippen LogP contribution >= 0.6 is 11.6 Å². The van der Waals surface area contributed by atoms with E-state index in [4.69, 9.17) is 17.3 Å². The number of nitrogens with two attached hydrogens (primary N) is 1. The largest absolute Gasteiger partial charge is 0.398 e. The number of anilines is 2. The van der Waals surface area contributed by atoms with Crippen LogP contribution in [-0.2, 0) is 11.2 Å². The summed E-state index contributed by atoms with van der Waals surface area (Å²) in [6.07, 6.45) is 1.74. The smallest absolute Gasteiger partial charge is 0.228 e. The average Bonchev–Trinajstić information content (AvgIpc) is 2.35. The average molecular weight is 262 g/mol. The van der Waals surface area contributed by atoms with Crippen LogP contribution in [-0.4, -0.2) is 10.9 Å². The number of hydrogen-bond acceptors (Lipinski definition) is 3. The molecule has 2 rings (SSSR count). The highest BCUT2D eigenvalue weighted by molar-refractivity contribution is 6.29. The van der Waals surface area contributed by atoms with Crippen LogP contribution in [0, 0.1) is 0 Å². The first-order valence-corrected chi connectivity index (χ1v) is 5.78. The molecule has 0 aliphatic rings. The third-order valence-electron chi connectivity index (χ3n) is 2.42. The minimum absolute atomic E-state index is 0.142. The van der Waals surface area contributed by atoms with Crippen LogP contribution < -0.4 is 11.1 Å².